The third-order valence-corrected chi connectivity index (χ3v) is 3.00. The molecule has 0 saturated carbocycles. The van der Waals surface area contributed by atoms with Crippen LogP contribution in [0.15, 0.2) is 36.7 Å². The molecule has 21 heavy (non-hydrogen) atoms. The van der Waals surface area contributed by atoms with Crippen LogP contribution in [0.2, 0.25) is 0 Å². The highest BCUT2D eigenvalue weighted by Gasteiger charge is 2.03. The molecule has 0 radical (unpaired) electrons. The fraction of sp³-hybridized carbons (Fsp3) is 0.333. The number of benzene rings is 1. The number of hydrogen-bond acceptors (Lipinski definition) is 4. The maximum absolute atomic E-state index is 11.3. The van der Waals surface area contributed by atoms with Crippen molar-refractivity contribution in [2.24, 2.45) is 0 Å². The van der Waals surface area contributed by atoms with Gasteiger partial charge in [0, 0.05) is 30.3 Å². The molecule has 1 heterocycles. The molecule has 1 aromatic carbocycles. The van der Waals surface area contributed by atoms with E-state index in [1.54, 1.807) is 13.1 Å². The molecule has 6 nitrogen and oxygen atoms in total. The van der Waals surface area contributed by atoms with E-state index >= 15 is 0 Å². The zero-order valence-electron chi connectivity index (χ0n) is 12.3. The van der Waals surface area contributed by atoms with Gasteiger partial charge in [-0.1, -0.05) is 0 Å². The van der Waals surface area contributed by atoms with Crippen LogP contribution in [0.4, 0.5) is 16.2 Å². The summed E-state index contributed by atoms with van der Waals surface area (Å²) >= 11 is 0. The number of anilines is 2. The molecule has 112 valence electrons. The van der Waals surface area contributed by atoms with Gasteiger partial charge < -0.3 is 14.6 Å². The van der Waals surface area contributed by atoms with Crippen LogP contribution in [-0.4, -0.2) is 22.3 Å². The van der Waals surface area contributed by atoms with E-state index in [1.165, 1.54) is 0 Å². The van der Waals surface area contributed by atoms with Crippen molar-refractivity contribution in [3.05, 3.63) is 42.5 Å². The summed E-state index contributed by atoms with van der Waals surface area (Å²) < 4.78 is 6.91. The Morgan fingerprint density at radius 1 is 1.24 bits per heavy atom. The van der Waals surface area contributed by atoms with Crippen molar-refractivity contribution in [2.75, 3.05) is 17.2 Å². The Morgan fingerprint density at radius 3 is 2.62 bits per heavy atom. The van der Waals surface area contributed by atoms with Gasteiger partial charge in [0.05, 0.1) is 13.2 Å². The average Bonchev–Trinajstić information content (AvgIpc) is 2.94. The predicted molar refractivity (Wildman–Crippen MR) is 82.3 cm³/mol. The minimum atomic E-state index is -0.441. The first-order valence-electron chi connectivity index (χ1n) is 7.00. The highest BCUT2D eigenvalue weighted by molar-refractivity contribution is 5.84. The van der Waals surface area contributed by atoms with Crippen molar-refractivity contribution in [1.82, 2.24) is 9.55 Å². The van der Waals surface area contributed by atoms with Crippen LogP contribution in [0.3, 0.4) is 0 Å². The van der Waals surface area contributed by atoms with Gasteiger partial charge in [-0.05, 0) is 38.1 Å². The molecule has 0 aliphatic carbocycles. The first-order chi connectivity index (χ1) is 10.2. The summed E-state index contributed by atoms with van der Waals surface area (Å²) in [7, 11) is 0. The van der Waals surface area contributed by atoms with E-state index in [1.807, 2.05) is 30.5 Å². The number of ether oxygens (including phenoxy) is 1. The van der Waals surface area contributed by atoms with Gasteiger partial charge in [-0.15, -0.1) is 0 Å². The lowest BCUT2D eigenvalue weighted by atomic mass is 10.3. The topological polar surface area (TPSA) is 68.2 Å². The van der Waals surface area contributed by atoms with Crippen molar-refractivity contribution in [3.8, 4) is 0 Å². The summed E-state index contributed by atoms with van der Waals surface area (Å²) in [5.41, 5.74) is 1.67. The number of amides is 1. The van der Waals surface area contributed by atoms with Crippen molar-refractivity contribution < 1.29 is 9.53 Å². The van der Waals surface area contributed by atoms with E-state index in [2.05, 4.69) is 27.1 Å². The van der Waals surface area contributed by atoms with E-state index in [0.29, 0.717) is 18.8 Å². The van der Waals surface area contributed by atoms with Crippen LogP contribution in [-0.2, 0) is 17.8 Å². The zero-order chi connectivity index (χ0) is 15.1. The molecule has 0 aliphatic rings. The largest absolute Gasteiger partial charge is 0.450 e. The Balaban J connectivity index is 1.89. The second-order valence-electron chi connectivity index (χ2n) is 4.41. The lowest BCUT2D eigenvalue weighted by molar-refractivity contribution is 0.168. The number of carbonyl (C=O) groups is 1. The van der Waals surface area contributed by atoms with Gasteiger partial charge in [0.2, 0.25) is 0 Å². The van der Waals surface area contributed by atoms with E-state index in [9.17, 15) is 4.79 Å². The summed E-state index contributed by atoms with van der Waals surface area (Å²) in [5.74, 6) is 0.992. The van der Waals surface area contributed by atoms with Gasteiger partial charge >= 0.3 is 6.09 Å². The molecule has 2 N–H and O–H groups in total. The molecule has 0 atom stereocenters. The van der Waals surface area contributed by atoms with Crippen molar-refractivity contribution in [1.29, 1.82) is 0 Å². The van der Waals surface area contributed by atoms with Crippen molar-refractivity contribution >= 4 is 17.5 Å². The summed E-state index contributed by atoms with van der Waals surface area (Å²) in [6, 6.07) is 7.46. The van der Waals surface area contributed by atoms with Gasteiger partial charge in [0.1, 0.15) is 5.82 Å². The van der Waals surface area contributed by atoms with Crippen LogP contribution in [0, 0.1) is 0 Å². The zero-order valence-corrected chi connectivity index (χ0v) is 12.3. The highest BCUT2D eigenvalue weighted by Crippen LogP contribution is 2.14. The monoisotopic (exact) mass is 288 g/mol. The SMILES string of the molecule is CCOC(=O)Nc1ccc(NCc2nccn2CC)cc1. The molecule has 0 aliphatic heterocycles. The van der Waals surface area contributed by atoms with Crippen molar-refractivity contribution in [2.45, 2.75) is 26.9 Å². The van der Waals surface area contributed by atoms with Crippen LogP contribution in [0.5, 0.6) is 0 Å². The van der Waals surface area contributed by atoms with Gasteiger partial charge in [-0.2, -0.15) is 0 Å². The van der Waals surface area contributed by atoms with E-state index in [0.717, 1.165) is 18.1 Å². The Morgan fingerprint density at radius 2 is 1.95 bits per heavy atom. The Hall–Kier alpha value is -2.50. The van der Waals surface area contributed by atoms with Gasteiger partial charge in [0.25, 0.3) is 0 Å². The Kier molecular flexibility index (Phi) is 5.20. The van der Waals surface area contributed by atoms with Crippen LogP contribution >= 0.6 is 0 Å². The van der Waals surface area contributed by atoms with E-state index < -0.39 is 6.09 Å². The molecular weight excluding hydrogens is 268 g/mol. The normalized spacial score (nSPS) is 10.2. The summed E-state index contributed by atoms with van der Waals surface area (Å²) in [6.45, 7) is 5.77. The fourth-order valence-electron chi connectivity index (χ4n) is 1.93. The second-order valence-corrected chi connectivity index (χ2v) is 4.41. The maximum atomic E-state index is 11.3. The molecule has 6 heteroatoms. The third-order valence-electron chi connectivity index (χ3n) is 3.00. The molecular formula is C15H20N4O2. The van der Waals surface area contributed by atoms with E-state index in [4.69, 9.17) is 4.74 Å². The quantitative estimate of drug-likeness (QED) is 0.857. The molecule has 0 bridgehead atoms. The molecule has 1 amide bonds. The molecule has 1 aromatic heterocycles. The van der Waals surface area contributed by atoms with E-state index in [-0.39, 0.29) is 0 Å². The molecule has 0 unspecified atom stereocenters. The molecule has 2 rings (SSSR count). The minimum absolute atomic E-state index is 0.357. The second kappa shape index (κ2) is 7.33. The molecule has 0 saturated heterocycles. The van der Waals surface area contributed by atoms with Crippen molar-refractivity contribution in [3.63, 3.8) is 0 Å². The van der Waals surface area contributed by atoms with Gasteiger partial charge in [-0.3, -0.25) is 5.32 Å². The number of nitrogens with one attached hydrogen (secondary N) is 2. The number of carbonyl (C=O) groups excluding carboxylic acids is 1. The number of aryl methyl sites for hydroxylation is 1. The standard InChI is InChI=1S/C15H20N4O2/c1-3-19-10-9-16-14(19)11-17-12-5-7-13(8-6-12)18-15(20)21-4-2/h5-10,17H,3-4,11H2,1-2H3,(H,18,20). The third kappa shape index (κ3) is 4.24. The Bertz CT molecular complexity index is 578. The first-order valence-corrected chi connectivity index (χ1v) is 7.00. The molecule has 0 spiro atoms. The number of imidazole rings is 1. The van der Waals surface area contributed by atoms with Gasteiger partial charge in [0.15, 0.2) is 0 Å². The number of aromatic nitrogens is 2. The predicted octanol–water partition coefficient (Wildman–Crippen LogP) is 3.08. The summed E-state index contributed by atoms with van der Waals surface area (Å²) in [6.07, 6.45) is 3.32. The first kappa shape index (κ1) is 14.9. The average molecular weight is 288 g/mol. The fourth-order valence-corrected chi connectivity index (χ4v) is 1.93. The Labute approximate surface area is 124 Å². The minimum Gasteiger partial charge on any atom is -0.450 e. The maximum Gasteiger partial charge on any atom is 0.411 e. The van der Waals surface area contributed by atoms with Crippen LogP contribution in [0.25, 0.3) is 0 Å². The lowest BCUT2D eigenvalue weighted by Gasteiger charge is -2.09. The van der Waals surface area contributed by atoms with Gasteiger partial charge in [-0.25, -0.2) is 9.78 Å². The summed E-state index contributed by atoms with van der Waals surface area (Å²) in [5, 5.41) is 5.95. The number of rotatable bonds is 6. The lowest BCUT2D eigenvalue weighted by Crippen LogP contribution is -2.13. The smallest absolute Gasteiger partial charge is 0.411 e. The summed E-state index contributed by atoms with van der Waals surface area (Å²) in [4.78, 5) is 15.6. The molecule has 2 aromatic rings. The number of nitrogens with zero attached hydrogens (tertiary/aromatic N) is 2. The van der Waals surface area contributed by atoms with Crippen LogP contribution in [0.1, 0.15) is 19.7 Å². The molecule has 0 fully saturated rings. The number of hydrogen-bond donors (Lipinski definition) is 2. The highest BCUT2D eigenvalue weighted by atomic mass is 16.5. The van der Waals surface area contributed by atoms with Crippen LogP contribution < -0.4 is 10.6 Å².